The average Bonchev–Trinajstić information content (AvgIpc) is 3.43. The number of nitrogens with zero attached hydrogens (tertiary/aromatic N) is 5. The van der Waals surface area contributed by atoms with Crippen LogP contribution in [0.25, 0.3) is 0 Å². The third-order valence-electron chi connectivity index (χ3n) is 5.40. The van der Waals surface area contributed by atoms with Crippen molar-refractivity contribution in [2.75, 3.05) is 26.2 Å². The van der Waals surface area contributed by atoms with Crippen molar-refractivity contribution in [3.05, 3.63) is 48.0 Å². The lowest BCUT2D eigenvalue weighted by atomic mass is 10.0. The first-order valence-corrected chi connectivity index (χ1v) is 10.6. The molecule has 200 valence electrons. The Bertz CT molecular complexity index is 961. The zero-order valence-corrected chi connectivity index (χ0v) is 19.1. The number of halogens is 6. The van der Waals surface area contributed by atoms with Gasteiger partial charge in [-0.25, -0.2) is 9.59 Å². The molecule has 0 amide bonds. The van der Waals surface area contributed by atoms with Crippen LogP contribution in [0.3, 0.4) is 0 Å². The molecule has 2 N–H and O–H groups in total. The van der Waals surface area contributed by atoms with Gasteiger partial charge in [-0.1, -0.05) is 6.07 Å². The van der Waals surface area contributed by atoms with Gasteiger partial charge in [0.15, 0.2) is 0 Å². The first-order chi connectivity index (χ1) is 16.6. The molecule has 2 aromatic heterocycles. The highest BCUT2D eigenvalue weighted by Crippen LogP contribution is 2.32. The Labute approximate surface area is 201 Å². The minimum Gasteiger partial charge on any atom is -0.475 e. The Hall–Kier alpha value is -3.20. The summed E-state index contributed by atoms with van der Waals surface area (Å²) in [6.45, 7) is 6.91. The fraction of sp³-hybridized carbons (Fsp3) is 0.524. The van der Waals surface area contributed by atoms with E-state index in [4.69, 9.17) is 19.8 Å². The quantitative estimate of drug-likeness (QED) is 0.587. The number of aryl methyl sites for hydroxylation is 1. The first-order valence-electron chi connectivity index (χ1n) is 10.6. The average molecular weight is 525 g/mol. The van der Waals surface area contributed by atoms with Crippen LogP contribution in [-0.4, -0.2) is 85.2 Å². The number of alkyl halides is 6. The Kier molecular flexibility index (Phi) is 9.81. The molecule has 2 aliphatic heterocycles. The van der Waals surface area contributed by atoms with Gasteiger partial charge in [0.1, 0.15) is 0 Å². The van der Waals surface area contributed by atoms with Crippen molar-refractivity contribution in [2.24, 2.45) is 18.9 Å². The molecule has 2 fully saturated rings. The maximum absolute atomic E-state index is 10.6. The van der Waals surface area contributed by atoms with E-state index in [1.165, 1.54) is 37.4 Å². The highest BCUT2D eigenvalue weighted by Gasteiger charge is 2.40. The molecule has 0 radical (unpaired) electrons. The predicted molar refractivity (Wildman–Crippen MR) is 112 cm³/mol. The zero-order chi connectivity index (χ0) is 27.1. The predicted octanol–water partition coefficient (Wildman–Crippen LogP) is 2.65. The molecule has 2 saturated heterocycles. The maximum Gasteiger partial charge on any atom is 0.490 e. The summed E-state index contributed by atoms with van der Waals surface area (Å²) in [5, 5.41) is 18.5. The Balaban J connectivity index is 0.000000271. The maximum atomic E-state index is 10.6. The van der Waals surface area contributed by atoms with E-state index in [-0.39, 0.29) is 0 Å². The molecule has 4 rings (SSSR count). The lowest BCUT2D eigenvalue weighted by molar-refractivity contribution is -0.193. The molecule has 0 spiro atoms. The highest BCUT2D eigenvalue weighted by molar-refractivity contribution is 5.73. The van der Waals surface area contributed by atoms with Gasteiger partial charge in [-0.2, -0.15) is 31.4 Å². The fourth-order valence-corrected chi connectivity index (χ4v) is 3.98. The summed E-state index contributed by atoms with van der Waals surface area (Å²) in [5.41, 5.74) is 2.52. The molecule has 0 bridgehead atoms. The molecule has 4 heterocycles. The van der Waals surface area contributed by atoms with Gasteiger partial charge in [0.05, 0.1) is 11.9 Å². The molecule has 2 aliphatic rings. The number of hydrogen-bond donors (Lipinski definition) is 2. The number of hydrogen-bond acceptors (Lipinski definition) is 6. The minimum absolute atomic E-state index is 0.820. The van der Waals surface area contributed by atoms with Crippen LogP contribution in [-0.2, 0) is 29.7 Å². The highest BCUT2D eigenvalue weighted by atomic mass is 19.4. The Morgan fingerprint density at radius 3 is 1.75 bits per heavy atom. The van der Waals surface area contributed by atoms with Gasteiger partial charge in [-0.05, 0) is 24.0 Å². The van der Waals surface area contributed by atoms with Gasteiger partial charge in [-0.3, -0.25) is 19.5 Å². The van der Waals surface area contributed by atoms with E-state index in [1.807, 2.05) is 30.2 Å². The third kappa shape index (κ3) is 9.45. The van der Waals surface area contributed by atoms with Crippen LogP contribution in [0.4, 0.5) is 26.3 Å². The second-order valence-electron chi connectivity index (χ2n) is 8.36. The van der Waals surface area contributed by atoms with Crippen molar-refractivity contribution in [1.29, 1.82) is 0 Å². The van der Waals surface area contributed by atoms with E-state index >= 15 is 0 Å². The van der Waals surface area contributed by atoms with Crippen LogP contribution >= 0.6 is 0 Å². The van der Waals surface area contributed by atoms with Crippen LogP contribution < -0.4 is 0 Å². The normalized spacial score (nSPS) is 20.1. The molecule has 9 nitrogen and oxygen atoms in total. The summed E-state index contributed by atoms with van der Waals surface area (Å²) in [6, 6.07) is 6.19. The molecule has 36 heavy (non-hydrogen) atoms. The molecule has 0 aromatic carbocycles. The van der Waals surface area contributed by atoms with Crippen LogP contribution in [0.5, 0.6) is 0 Å². The van der Waals surface area contributed by atoms with Crippen LogP contribution in [0.1, 0.15) is 11.3 Å². The number of aromatic nitrogens is 3. The van der Waals surface area contributed by atoms with Crippen molar-refractivity contribution in [2.45, 2.75) is 25.4 Å². The number of pyridine rings is 1. The van der Waals surface area contributed by atoms with E-state index in [0.29, 0.717) is 0 Å². The second-order valence-corrected chi connectivity index (χ2v) is 8.36. The number of fused-ring (bicyclic) bond motifs is 1. The zero-order valence-electron chi connectivity index (χ0n) is 19.1. The van der Waals surface area contributed by atoms with Crippen molar-refractivity contribution < 1.29 is 46.1 Å². The lowest BCUT2D eigenvalue weighted by Crippen LogP contribution is -2.28. The second kappa shape index (κ2) is 12.2. The first kappa shape index (κ1) is 29.0. The van der Waals surface area contributed by atoms with Gasteiger partial charge >= 0.3 is 24.3 Å². The summed E-state index contributed by atoms with van der Waals surface area (Å²) in [7, 11) is 1.98. The molecule has 2 aromatic rings. The summed E-state index contributed by atoms with van der Waals surface area (Å²) in [5.74, 6) is -3.87. The summed E-state index contributed by atoms with van der Waals surface area (Å²) >= 11 is 0. The molecule has 0 saturated carbocycles. The van der Waals surface area contributed by atoms with Crippen LogP contribution in [0, 0.1) is 11.8 Å². The topological polar surface area (TPSA) is 112 Å². The van der Waals surface area contributed by atoms with Crippen molar-refractivity contribution in [3.63, 3.8) is 0 Å². The van der Waals surface area contributed by atoms with Crippen LogP contribution in [0.15, 0.2) is 36.8 Å². The number of aliphatic carboxylic acids is 2. The van der Waals surface area contributed by atoms with Gasteiger partial charge in [0.2, 0.25) is 0 Å². The number of likely N-dealkylation sites (tertiary alicyclic amines) is 2. The monoisotopic (exact) mass is 525 g/mol. The van der Waals surface area contributed by atoms with E-state index in [9.17, 15) is 26.3 Å². The SMILES string of the molecule is Cn1cc(CN2CC3CN(Cc4ccccn4)CC3C2)cn1.O=C(O)C(F)(F)F.O=C(O)C(F)(F)F. The third-order valence-corrected chi connectivity index (χ3v) is 5.40. The summed E-state index contributed by atoms with van der Waals surface area (Å²) < 4.78 is 65.4. The minimum atomic E-state index is -5.08. The fourth-order valence-electron chi connectivity index (χ4n) is 3.98. The standard InChI is InChI=1S/C17H23N5.2C2HF3O2/c1-20-7-14(6-19-20)8-21-9-15-11-22(12-16(15)10-21)13-17-4-2-3-5-18-17;2*3-2(4,5)1(6)7/h2-7,15-16H,8-13H2,1H3;2*(H,6,7). The van der Waals surface area contributed by atoms with Crippen molar-refractivity contribution >= 4 is 11.9 Å². The number of carboxylic acids is 2. The Morgan fingerprint density at radius 1 is 0.917 bits per heavy atom. The molecule has 15 heteroatoms. The smallest absolute Gasteiger partial charge is 0.475 e. The number of rotatable bonds is 4. The molecule has 2 atom stereocenters. The largest absolute Gasteiger partial charge is 0.490 e. The summed E-state index contributed by atoms with van der Waals surface area (Å²) in [6.07, 6.45) is -4.16. The lowest BCUT2D eigenvalue weighted by Gasteiger charge is -2.20. The van der Waals surface area contributed by atoms with E-state index < -0.39 is 24.3 Å². The number of carboxylic acid groups (broad SMARTS) is 2. The number of carbonyl (C=O) groups is 2. The molecule has 2 unspecified atom stereocenters. The van der Waals surface area contributed by atoms with Gasteiger partial charge < -0.3 is 10.2 Å². The van der Waals surface area contributed by atoms with Crippen molar-refractivity contribution in [3.8, 4) is 0 Å². The van der Waals surface area contributed by atoms with Crippen LogP contribution in [0.2, 0.25) is 0 Å². The van der Waals surface area contributed by atoms with E-state index in [2.05, 4.69) is 38.2 Å². The van der Waals surface area contributed by atoms with E-state index in [1.54, 1.807) is 0 Å². The van der Waals surface area contributed by atoms with Crippen molar-refractivity contribution in [1.82, 2.24) is 24.6 Å². The van der Waals surface area contributed by atoms with E-state index in [0.717, 1.165) is 24.9 Å². The molecular formula is C21H25F6N5O4. The van der Waals surface area contributed by atoms with Gasteiger partial charge in [-0.15, -0.1) is 0 Å². The Morgan fingerprint density at radius 2 is 1.39 bits per heavy atom. The van der Waals surface area contributed by atoms with Gasteiger partial charge in [0, 0.05) is 64.3 Å². The summed E-state index contributed by atoms with van der Waals surface area (Å²) in [4.78, 5) is 27.4. The van der Waals surface area contributed by atoms with Gasteiger partial charge in [0.25, 0.3) is 0 Å². The molecule has 0 aliphatic carbocycles. The molecular weight excluding hydrogens is 500 g/mol.